The van der Waals surface area contributed by atoms with Gasteiger partial charge in [0.25, 0.3) is 5.91 Å². The zero-order valence-corrected chi connectivity index (χ0v) is 14.8. The van der Waals surface area contributed by atoms with E-state index < -0.39 is 0 Å². The molecule has 136 valence electrons. The van der Waals surface area contributed by atoms with E-state index >= 15 is 0 Å². The van der Waals surface area contributed by atoms with Gasteiger partial charge in [0.2, 0.25) is 0 Å². The van der Waals surface area contributed by atoms with E-state index in [-0.39, 0.29) is 11.7 Å². The molecule has 3 rings (SSSR count). The molecule has 2 aromatic rings. The summed E-state index contributed by atoms with van der Waals surface area (Å²) in [7, 11) is 0. The lowest BCUT2D eigenvalue weighted by atomic mass is 9.97. The molecule has 1 aromatic carbocycles. The van der Waals surface area contributed by atoms with Crippen LogP contribution in [0.5, 0.6) is 0 Å². The van der Waals surface area contributed by atoms with Crippen LogP contribution in [0.2, 0.25) is 0 Å². The molecule has 4 nitrogen and oxygen atoms in total. The Bertz CT molecular complexity index is 771. The number of carbonyl (C=O) groups excluding carboxylic acids is 1. The molecule has 26 heavy (non-hydrogen) atoms. The van der Waals surface area contributed by atoms with Crippen molar-refractivity contribution in [3.05, 3.63) is 71.2 Å². The summed E-state index contributed by atoms with van der Waals surface area (Å²) in [6, 6.07) is 10.1. The van der Waals surface area contributed by atoms with Gasteiger partial charge in [0.05, 0.1) is 5.56 Å². The van der Waals surface area contributed by atoms with E-state index in [2.05, 4.69) is 21.7 Å². The summed E-state index contributed by atoms with van der Waals surface area (Å²) in [4.78, 5) is 16.4. The van der Waals surface area contributed by atoms with Crippen LogP contribution in [0.1, 0.15) is 48.0 Å². The van der Waals surface area contributed by atoms with Gasteiger partial charge in [-0.1, -0.05) is 29.8 Å². The van der Waals surface area contributed by atoms with Crippen molar-refractivity contribution in [2.24, 2.45) is 0 Å². The van der Waals surface area contributed by atoms with Crippen molar-refractivity contribution >= 4 is 11.7 Å². The van der Waals surface area contributed by atoms with Crippen LogP contribution in [-0.2, 0) is 6.54 Å². The van der Waals surface area contributed by atoms with Crippen LogP contribution >= 0.6 is 0 Å². The maximum absolute atomic E-state index is 13.6. The zero-order chi connectivity index (χ0) is 18.2. The number of anilines is 1. The Kier molecular flexibility index (Phi) is 6.36. The molecule has 0 aliphatic heterocycles. The molecule has 1 heterocycles. The highest BCUT2D eigenvalue weighted by atomic mass is 19.1. The number of amides is 1. The maximum Gasteiger partial charge on any atom is 0.252 e. The molecule has 1 amide bonds. The van der Waals surface area contributed by atoms with Crippen molar-refractivity contribution in [2.45, 2.75) is 38.6 Å². The zero-order valence-electron chi connectivity index (χ0n) is 14.8. The number of benzene rings is 1. The summed E-state index contributed by atoms with van der Waals surface area (Å²) >= 11 is 0. The summed E-state index contributed by atoms with van der Waals surface area (Å²) < 4.78 is 13.6. The summed E-state index contributed by atoms with van der Waals surface area (Å²) in [5, 5.41) is 6.01. The number of hydrogen-bond acceptors (Lipinski definition) is 3. The molecule has 0 radical (unpaired) electrons. The number of carbonyl (C=O) groups is 1. The molecule has 0 atom stereocenters. The molecule has 0 saturated heterocycles. The maximum atomic E-state index is 13.6. The number of rotatable bonds is 7. The molecule has 1 aliphatic rings. The van der Waals surface area contributed by atoms with E-state index in [9.17, 15) is 9.18 Å². The molecule has 0 saturated carbocycles. The first-order valence-corrected chi connectivity index (χ1v) is 9.12. The smallest absolute Gasteiger partial charge is 0.252 e. The minimum atomic E-state index is -0.246. The van der Waals surface area contributed by atoms with Crippen LogP contribution in [0.3, 0.4) is 0 Å². The molecular weight excluding hydrogens is 329 g/mol. The first-order chi connectivity index (χ1) is 12.7. The number of aromatic nitrogens is 1. The fourth-order valence-electron chi connectivity index (χ4n) is 3.03. The van der Waals surface area contributed by atoms with Gasteiger partial charge in [0, 0.05) is 24.8 Å². The number of pyridine rings is 1. The SMILES string of the molecule is O=C(NCCC1=CCCCC1)c1ccc(NCc2ccccc2F)nc1. The Balaban J connectivity index is 1.46. The summed E-state index contributed by atoms with van der Waals surface area (Å²) in [5.74, 6) is 0.246. The van der Waals surface area contributed by atoms with Crippen molar-refractivity contribution in [2.75, 3.05) is 11.9 Å². The number of hydrogen-bond donors (Lipinski definition) is 2. The fourth-order valence-corrected chi connectivity index (χ4v) is 3.03. The average Bonchev–Trinajstić information content (AvgIpc) is 2.68. The molecule has 0 spiro atoms. The van der Waals surface area contributed by atoms with Gasteiger partial charge in [0.1, 0.15) is 11.6 Å². The van der Waals surface area contributed by atoms with Crippen molar-refractivity contribution < 1.29 is 9.18 Å². The number of allylic oxidation sites excluding steroid dienone is 1. The van der Waals surface area contributed by atoms with E-state index in [1.54, 1.807) is 36.5 Å². The summed E-state index contributed by atoms with van der Waals surface area (Å²) in [6.45, 7) is 0.998. The molecule has 1 aliphatic carbocycles. The Hall–Kier alpha value is -2.69. The predicted octanol–water partition coefficient (Wildman–Crippen LogP) is 4.45. The Morgan fingerprint density at radius 3 is 2.77 bits per heavy atom. The molecule has 0 bridgehead atoms. The van der Waals surface area contributed by atoms with Crippen molar-refractivity contribution in [3.8, 4) is 0 Å². The minimum Gasteiger partial charge on any atom is -0.366 e. The normalized spacial score (nSPS) is 13.8. The number of nitrogens with zero attached hydrogens (tertiary/aromatic N) is 1. The highest BCUT2D eigenvalue weighted by Gasteiger charge is 2.08. The van der Waals surface area contributed by atoms with Gasteiger partial charge in [-0.25, -0.2) is 9.37 Å². The molecule has 5 heteroatoms. The minimum absolute atomic E-state index is 0.116. The van der Waals surface area contributed by atoms with Gasteiger partial charge >= 0.3 is 0 Å². The lowest BCUT2D eigenvalue weighted by Crippen LogP contribution is -2.25. The van der Waals surface area contributed by atoms with Gasteiger partial charge in [-0.2, -0.15) is 0 Å². The first-order valence-electron chi connectivity index (χ1n) is 9.12. The van der Waals surface area contributed by atoms with Crippen molar-refractivity contribution in [3.63, 3.8) is 0 Å². The largest absolute Gasteiger partial charge is 0.366 e. The lowest BCUT2D eigenvalue weighted by Gasteiger charge is -2.13. The van der Waals surface area contributed by atoms with Gasteiger partial charge in [-0.15, -0.1) is 0 Å². The van der Waals surface area contributed by atoms with Crippen molar-refractivity contribution in [1.82, 2.24) is 10.3 Å². The fraction of sp³-hybridized carbons (Fsp3) is 0.333. The lowest BCUT2D eigenvalue weighted by molar-refractivity contribution is 0.0953. The topological polar surface area (TPSA) is 54.0 Å². The molecule has 0 fully saturated rings. The van der Waals surface area contributed by atoms with Crippen LogP contribution in [0.15, 0.2) is 54.2 Å². The predicted molar refractivity (Wildman–Crippen MR) is 101 cm³/mol. The summed E-state index contributed by atoms with van der Waals surface area (Å²) in [5.41, 5.74) is 2.55. The van der Waals surface area contributed by atoms with E-state index in [0.717, 1.165) is 19.3 Å². The first kappa shape index (κ1) is 18.1. The van der Waals surface area contributed by atoms with Gasteiger partial charge < -0.3 is 10.6 Å². The van der Waals surface area contributed by atoms with Crippen LogP contribution in [-0.4, -0.2) is 17.4 Å². The third-order valence-corrected chi connectivity index (χ3v) is 4.56. The van der Waals surface area contributed by atoms with Gasteiger partial charge in [0.15, 0.2) is 0 Å². The second-order valence-electron chi connectivity index (χ2n) is 6.49. The van der Waals surface area contributed by atoms with Crippen LogP contribution < -0.4 is 10.6 Å². The molecule has 2 N–H and O–H groups in total. The second kappa shape index (κ2) is 9.13. The van der Waals surface area contributed by atoms with E-state index in [1.807, 2.05) is 0 Å². The van der Waals surface area contributed by atoms with Crippen molar-refractivity contribution in [1.29, 1.82) is 0 Å². The highest BCUT2D eigenvalue weighted by Crippen LogP contribution is 2.19. The quantitative estimate of drug-likeness (QED) is 0.723. The van der Waals surface area contributed by atoms with Crippen LogP contribution in [0, 0.1) is 5.82 Å². The third-order valence-electron chi connectivity index (χ3n) is 4.56. The Morgan fingerprint density at radius 2 is 2.04 bits per heavy atom. The van der Waals surface area contributed by atoms with Crippen LogP contribution in [0.25, 0.3) is 0 Å². The van der Waals surface area contributed by atoms with Crippen LogP contribution in [0.4, 0.5) is 10.2 Å². The number of halogens is 1. The van der Waals surface area contributed by atoms with E-state index in [4.69, 9.17) is 0 Å². The van der Waals surface area contributed by atoms with Gasteiger partial charge in [-0.05, 0) is 50.3 Å². The standard InChI is InChI=1S/C21H24FN3O/c22-19-9-5-4-8-17(19)14-24-20-11-10-18(15-25-20)21(26)23-13-12-16-6-2-1-3-7-16/h4-6,8-11,15H,1-3,7,12-14H2,(H,23,26)(H,24,25). The molecule has 1 aromatic heterocycles. The average molecular weight is 353 g/mol. The Morgan fingerprint density at radius 1 is 1.15 bits per heavy atom. The monoisotopic (exact) mass is 353 g/mol. The molecule has 0 unspecified atom stereocenters. The molecular formula is C21H24FN3O. The second-order valence-corrected chi connectivity index (χ2v) is 6.49. The van der Waals surface area contributed by atoms with E-state index in [1.165, 1.54) is 24.5 Å². The van der Waals surface area contributed by atoms with E-state index in [0.29, 0.717) is 30.0 Å². The van der Waals surface area contributed by atoms with Gasteiger partial charge in [-0.3, -0.25) is 4.79 Å². The Labute approximate surface area is 153 Å². The highest BCUT2D eigenvalue weighted by molar-refractivity contribution is 5.94. The summed E-state index contributed by atoms with van der Waals surface area (Å²) in [6.07, 6.45) is 9.60. The third kappa shape index (κ3) is 5.15. The number of nitrogens with one attached hydrogen (secondary N) is 2.